The monoisotopic (exact) mass is 276 g/mol. The first-order valence-electron chi connectivity index (χ1n) is 6.72. The van der Waals surface area contributed by atoms with Crippen LogP contribution in [0.3, 0.4) is 0 Å². The Morgan fingerprint density at radius 1 is 1.45 bits per heavy atom. The number of amides is 1. The maximum absolute atomic E-state index is 12.5. The van der Waals surface area contributed by atoms with Gasteiger partial charge in [-0.1, -0.05) is 0 Å². The highest BCUT2D eigenvalue weighted by Gasteiger charge is 2.39. The van der Waals surface area contributed by atoms with Crippen molar-refractivity contribution in [1.29, 1.82) is 0 Å². The van der Waals surface area contributed by atoms with Gasteiger partial charge in [0.25, 0.3) is 5.91 Å². The van der Waals surface area contributed by atoms with E-state index in [4.69, 9.17) is 9.84 Å². The molecule has 1 aliphatic heterocycles. The Balaban J connectivity index is 1.93. The molecule has 1 saturated heterocycles. The van der Waals surface area contributed by atoms with Crippen LogP contribution in [0.1, 0.15) is 34.5 Å². The third-order valence-electron chi connectivity index (χ3n) is 4.01. The fraction of sp³-hybridized carbons (Fsp3) is 0.500. The summed E-state index contributed by atoms with van der Waals surface area (Å²) in [5.41, 5.74) is 2.43. The van der Waals surface area contributed by atoms with Gasteiger partial charge in [0.2, 0.25) is 5.88 Å². The van der Waals surface area contributed by atoms with Crippen molar-refractivity contribution >= 4 is 11.9 Å². The van der Waals surface area contributed by atoms with Crippen LogP contribution >= 0.6 is 0 Å². The lowest BCUT2D eigenvalue weighted by molar-refractivity contribution is -0.146. The number of hydrogen-bond acceptors (Lipinski definition) is 4. The van der Waals surface area contributed by atoms with E-state index >= 15 is 0 Å². The molecule has 0 bridgehead atoms. The van der Waals surface area contributed by atoms with Gasteiger partial charge in [0.15, 0.2) is 0 Å². The van der Waals surface area contributed by atoms with E-state index in [9.17, 15) is 9.59 Å². The predicted molar refractivity (Wildman–Crippen MR) is 69.9 cm³/mol. The average Bonchev–Trinajstić information content (AvgIpc) is 2.81. The second-order valence-corrected chi connectivity index (χ2v) is 5.15. The number of ether oxygens (including phenoxy) is 1. The number of methoxy groups -OCH3 is 1. The molecule has 1 N–H and O–H groups in total. The minimum Gasteiger partial charge on any atom is -0.480 e. The van der Waals surface area contributed by atoms with Gasteiger partial charge in [-0.25, -0.2) is 9.78 Å². The van der Waals surface area contributed by atoms with Crippen LogP contribution in [0, 0.1) is 0 Å². The number of aliphatic carboxylic acids is 1. The van der Waals surface area contributed by atoms with E-state index in [-0.39, 0.29) is 5.91 Å². The van der Waals surface area contributed by atoms with Gasteiger partial charge in [-0.15, -0.1) is 0 Å². The molecule has 6 heteroatoms. The summed E-state index contributed by atoms with van der Waals surface area (Å²) >= 11 is 0. The molecule has 2 heterocycles. The van der Waals surface area contributed by atoms with Gasteiger partial charge in [-0.05, 0) is 37.3 Å². The summed E-state index contributed by atoms with van der Waals surface area (Å²) < 4.78 is 5.20. The smallest absolute Gasteiger partial charge is 0.326 e. The summed E-state index contributed by atoms with van der Waals surface area (Å²) in [6, 6.07) is 1.09. The molecule has 3 rings (SSSR count). The molecule has 2 aliphatic rings. The van der Waals surface area contributed by atoms with Gasteiger partial charge in [-0.2, -0.15) is 0 Å². The SMILES string of the molecule is COc1nc2c(cc1C(=O)N1CCC1C(=O)O)CCC2. The Morgan fingerprint density at radius 3 is 2.85 bits per heavy atom. The fourth-order valence-corrected chi connectivity index (χ4v) is 2.80. The minimum absolute atomic E-state index is 0.298. The van der Waals surface area contributed by atoms with E-state index < -0.39 is 12.0 Å². The lowest BCUT2D eigenvalue weighted by Crippen LogP contribution is -2.55. The van der Waals surface area contributed by atoms with Crippen molar-refractivity contribution in [2.45, 2.75) is 31.7 Å². The maximum atomic E-state index is 12.5. The molecule has 0 spiro atoms. The van der Waals surface area contributed by atoms with Crippen LogP contribution in [0.5, 0.6) is 5.88 Å². The largest absolute Gasteiger partial charge is 0.480 e. The number of hydrogen-bond donors (Lipinski definition) is 1. The standard InChI is InChI=1S/C14H16N2O4/c1-20-12-9(7-8-3-2-4-10(8)15-12)13(17)16-6-5-11(16)14(18)19/h7,11H,2-6H2,1H3,(H,18,19). The first-order valence-corrected chi connectivity index (χ1v) is 6.72. The van der Waals surface area contributed by atoms with Gasteiger partial charge < -0.3 is 14.7 Å². The highest BCUT2D eigenvalue weighted by molar-refractivity contribution is 5.99. The maximum Gasteiger partial charge on any atom is 0.326 e. The number of aryl methyl sites for hydroxylation is 2. The normalized spacial score (nSPS) is 20.2. The molecule has 0 saturated carbocycles. The van der Waals surface area contributed by atoms with Crippen molar-refractivity contribution in [2.75, 3.05) is 13.7 Å². The van der Waals surface area contributed by atoms with Crippen molar-refractivity contribution in [2.24, 2.45) is 0 Å². The fourth-order valence-electron chi connectivity index (χ4n) is 2.80. The van der Waals surface area contributed by atoms with Gasteiger partial charge >= 0.3 is 5.97 Å². The molecule has 0 radical (unpaired) electrons. The Labute approximate surface area is 116 Å². The number of aromatic nitrogens is 1. The van der Waals surface area contributed by atoms with Crippen molar-refractivity contribution in [3.8, 4) is 5.88 Å². The quantitative estimate of drug-likeness (QED) is 0.886. The summed E-state index contributed by atoms with van der Waals surface area (Å²) in [6.45, 7) is 0.468. The van der Waals surface area contributed by atoms with Crippen molar-refractivity contribution in [3.05, 3.63) is 22.9 Å². The Morgan fingerprint density at radius 2 is 2.25 bits per heavy atom. The molecule has 1 aromatic rings. The number of pyridine rings is 1. The molecule has 1 aliphatic carbocycles. The number of likely N-dealkylation sites (tertiary alicyclic amines) is 1. The molecule has 20 heavy (non-hydrogen) atoms. The first-order chi connectivity index (χ1) is 9.61. The number of carbonyl (C=O) groups excluding carboxylic acids is 1. The zero-order valence-corrected chi connectivity index (χ0v) is 11.3. The average molecular weight is 276 g/mol. The van der Waals surface area contributed by atoms with Crippen molar-refractivity contribution in [3.63, 3.8) is 0 Å². The molecule has 1 unspecified atom stereocenters. The highest BCUT2D eigenvalue weighted by atomic mass is 16.5. The van der Waals surface area contributed by atoms with Crippen LogP contribution in [0.25, 0.3) is 0 Å². The van der Waals surface area contributed by atoms with Crippen molar-refractivity contribution in [1.82, 2.24) is 9.88 Å². The molecule has 6 nitrogen and oxygen atoms in total. The number of rotatable bonds is 3. The van der Waals surface area contributed by atoms with Crippen LogP contribution < -0.4 is 4.74 Å². The van der Waals surface area contributed by atoms with Gasteiger partial charge in [0.05, 0.1) is 7.11 Å². The third kappa shape index (κ3) is 1.92. The molecule has 1 aromatic heterocycles. The van der Waals surface area contributed by atoms with Crippen LogP contribution in [0.15, 0.2) is 6.07 Å². The molecular formula is C14H16N2O4. The molecular weight excluding hydrogens is 260 g/mol. The van der Waals surface area contributed by atoms with Gasteiger partial charge in [0, 0.05) is 12.2 Å². The second-order valence-electron chi connectivity index (χ2n) is 5.15. The minimum atomic E-state index is -0.960. The van der Waals surface area contributed by atoms with E-state index in [0.717, 1.165) is 30.5 Å². The number of fused-ring (bicyclic) bond motifs is 1. The van der Waals surface area contributed by atoms with Crippen LogP contribution in [0.2, 0.25) is 0 Å². The van der Waals surface area contributed by atoms with Crippen LogP contribution in [0.4, 0.5) is 0 Å². The summed E-state index contributed by atoms with van der Waals surface area (Å²) in [7, 11) is 1.48. The lowest BCUT2D eigenvalue weighted by atomic mass is 10.0. The third-order valence-corrected chi connectivity index (χ3v) is 4.01. The number of carboxylic acids is 1. The van der Waals surface area contributed by atoms with Gasteiger partial charge in [-0.3, -0.25) is 4.79 Å². The number of carboxylic acid groups (broad SMARTS) is 1. The van der Waals surface area contributed by atoms with E-state index in [1.54, 1.807) is 0 Å². The Kier molecular flexibility index (Phi) is 3.08. The lowest BCUT2D eigenvalue weighted by Gasteiger charge is -2.38. The summed E-state index contributed by atoms with van der Waals surface area (Å²) in [4.78, 5) is 29.2. The second kappa shape index (κ2) is 4.77. The Hall–Kier alpha value is -2.11. The van der Waals surface area contributed by atoms with E-state index in [1.165, 1.54) is 12.0 Å². The summed E-state index contributed by atoms with van der Waals surface area (Å²) in [6.07, 6.45) is 3.35. The Bertz CT molecular complexity index is 585. The number of carbonyl (C=O) groups is 2. The van der Waals surface area contributed by atoms with E-state index in [0.29, 0.717) is 24.4 Å². The topological polar surface area (TPSA) is 79.7 Å². The summed E-state index contributed by atoms with van der Waals surface area (Å²) in [5, 5.41) is 9.04. The predicted octanol–water partition coefficient (Wildman–Crippen LogP) is 0.878. The van der Waals surface area contributed by atoms with Crippen molar-refractivity contribution < 1.29 is 19.4 Å². The molecule has 1 amide bonds. The molecule has 1 atom stereocenters. The van der Waals surface area contributed by atoms with Crippen LogP contribution in [-0.2, 0) is 17.6 Å². The summed E-state index contributed by atoms with van der Waals surface area (Å²) in [5.74, 6) is -0.966. The molecule has 0 aromatic carbocycles. The van der Waals surface area contributed by atoms with Crippen LogP contribution in [-0.4, -0.2) is 46.6 Å². The molecule has 106 valence electrons. The van der Waals surface area contributed by atoms with E-state index in [1.807, 2.05) is 6.07 Å². The van der Waals surface area contributed by atoms with E-state index in [2.05, 4.69) is 4.98 Å². The molecule has 1 fully saturated rings. The first kappa shape index (κ1) is 12.9. The zero-order chi connectivity index (χ0) is 14.3. The van der Waals surface area contributed by atoms with Gasteiger partial charge in [0.1, 0.15) is 11.6 Å². The zero-order valence-electron chi connectivity index (χ0n) is 11.3. The number of nitrogens with zero attached hydrogens (tertiary/aromatic N) is 2. The highest BCUT2D eigenvalue weighted by Crippen LogP contribution is 2.29.